The Morgan fingerprint density at radius 2 is 2.00 bits per heavy atom. The number of benzene rings is 1. The van der Waals surface area contributed by atoms with Crippen LogP contribution in [0.5, 0.6) is 5.75 Å². The molecule has 140 valence electrons. The van der Waals surface area contributed by atoms with Crippen LogP contribution in [0, 0.1) is 0 Å². The van der Waals surface area contributed by atoms with Gasteiger partial charge in [-0.3, -0.25) is 10.1 Å². The van der Waals surface area contributed by atoms with E-state index in [1.54, 1.807) is 37.5 Å². The van der Waals surface area contributed by atoms with Gasteiger partial charge in [-0.1, -0.05) is 12.1 Å². The van der Waals surface area contributed by atoms with Crippen LogP contribution in [0.2, 0.25) is 0 Å². The smallest absolute Gasteiger partial charge is 0.276 e. The molecular weight excluding hydrogens is 344 g/mol. The molecule has 1 heterocycles. The molecule has 1 aliphatic rings. The highest BCUT2D eigenvalue weighted by Crippen LogP contribution is 2.15. The molecule has 0 aromatic heterocycles. The molecule has 0 radical (unpaired) electrons. The van der Waals surface area contributed by atoms with Gasteiger partial charge < -0.3 is 25.2 Å². The van der Waals surface area contributed by atoms with Crippen molar-refractivity contribution < 1.29 is 30.0 Å². The normalized spacial score (nSPS) is 19.2. The van der Waals surface area contributed by atoms with Crippen LogP contribution in [0.25, 0.3) is 6.08 Å². The SMILES string of the molecule is COc1ccc(/C=C2\N=C(N/N=C/[C@H](O)[C@@H](O)[C@@H](O)CO)NC2=O)cc1. The van der Waals surface area contributed by atoms with E-state index in [0.717, 1.165) is 11.8 Å². The van der Waals surface area contributed by atoms with E-state index in [9.17, 15) is 20.1 Å². The predicted molar refractivity (Wildman–Crippen MR) is 93.3 cm³/mol. The summed E-state index contributed by atoms with van der Waals surface area (Å²) in [4.78, 5) is 15.9. The summed E-state index contributed by atoms with van der Waals surface area (Å²) in [5.41, 5.74) is 3.31. The number of ether oxygens (including phenoxy) is 1. The van der Waals surface area contributed by atoms with E-state index in [4.69, 9.17) is 9.84 Å². The summed E-state index contributed by atoms with van der Waals surface area (Å²) in [5, 5.41) is 43.0. The maximum Gasteiger partial charge on any atom is 0.276 e. The zero-order valence-corrected chi connectivity index (χ0v) is 13.9. The highest BCUT2D eigenvalue weighted by atomic mass is 16.5. The topological polar surface area (TPSA) is 156 Å². The van der Waals surface area contributed by atoms with Crippen LogP contribution in [-0.2, 0) is 4.79 Å². The fourth-order valence-electron chi connectivity index (χ4n) is 1.98. The Bertz CT molecular complexity index is 716. The lowest BCUT2D eigenvalue weighted by Crippen LogP contribution is -2.41. The number of rotatable bonds is 7. The monoisotopic (exact) mass is 364 g/mol. The molecule has 26 heavy (non-hydrogen) atoms. The summed E-state index contributed by atoms with van der Waals surface area (Å²) in [6.45, 7) is -0.707. The molecule has 6 N–H and O–H groups in total. The minimum absolute atomic E-state index is 0.0374. The van der Waals surface area contributed by atoms with E-state index in [1.165, 1.54) is 0 Å². The molecule has 1 aromatic rings. The average molecular weight is 364 g/mol. The van der Waals surface area contributed by atoms with Crippen LogP contribution in [0.4, 0.5) is 0 Å². The van der Waals surface area contributed by atoms with Crippen molar-refractivity contribution in [3.8, 4) is 5.75 Å². The Labute approximate surface area is 149 Å². The number of hydrazone groups is 1. The van der Waals surface area contributed by atoms with Gasteiger partial charge in [-0.25, -0.2) is 10.4 Å². The third kappa shape index (κ3) is 5.10. The number of carbonyl (C=O) groups is 1. The van der Waals surface area contributed by atoms with Crippen molar-refractivity contribution >= 4 is 24.2 Å². The summed E-state index contributed by atoms with van der Waals surface area (Å²) in [6.07, 6.45) is -2.14. The molecule has 0 saturated carbocycles. The largest absolute Gasteiger partial charge is 0.497 e. The second-order valence-corrected chi connectivity index (χ2v) is 5.34. The van der Waals surface area contributed by atoms with Gasteiger partial charge in [-0.2, -0.15) is 5.10 Å². The van der Waals surface area contributed by atoms with Gasteiger partial charge >= 0.3 is 0 Å². The highest BCUT2D eigenvalue weighted by Gasteiger charge is 2.23. The molecule has 10 nitrogen and oxygen atoms in total. The zero-order valence-electron chi connectivity index (χ0n) is 13.9. The van der Waals surface area contributed by atoms with E-state index in [2.05, 4.69) is 20.8 Å². The van der Waals surface area contributed by atoms with Gasteiger partial charge in [0.05, 0.1) is 19.9 Å². The van der Waals surface area contributed by atoms with Gasteiger partial charge in [-0.05, 0) is 23.8 Å². The van der Waals surface area contributed by atoms with Crippen molar-refractivity contribution in [1.29, 1.82) is 0 Å². The van der Waals surface area contributed by atoms with Crippen molar-refractivity contribution in [2.24, 2.45) is 10.1 Å². The molecule has 1 aromatic carbocycles. The Hall–Kier alpha value is -2.79. The van der Waals surface area contributed by atoms with Crippen molar-refractivity contribution in [1.82, 2.24) is 10.7 Å². The second kappa shape index (κ2) is 9.06. The Morgan fingerprint density at radius 3 is 2.62 bits per heavy atom. The van der Waals surface area contributed by atoms with Gasteiger partial charge in [0.1, 0.15) is 29.8 Å². The highest BCUT2D eigenvalue weighted by molar-refractivity contribution is 6.13. The third-order valence-corrected chi connectivity index (χ3v) is 3.44. The number of aliphatic hydroxyl groups is 4. The summed E-state index contributed by atoms with van der Waals surface area (Å²) >= 11 is 0. The van der Waals surface area contributed by atoms with E-state index in [0.29, 0.717) is 5.75 Å². The Morgan fingerprint density at radius 1 is 1.31 bits per heavy atom. The molecule has 0 fully saturated rings. The number of guanidine groups is 1. The molecule has 10 heteroatoms. The first-order valence-electron chi connectivity index (χ1n) is 7.64. The van der Waals surface area contributed by atoms with Gasteiger partial charge in [0.2, 0.25) is 5.96 Å². The molecule has 1 amide bonds. The Balaban J connectivity index is 1.98. The molecular formula is C16H20N4O6. The summed E-state index contributed by atoms with van der Waals surface area (Å²) in [5.74, 6) is 0.292. The number of methoxy groups -OCH3 is 1. The molecule has 2 rings (SSSR count). The number of aliphatic hydroxyl groups excluding tert-OH is 4. The second-order valence-electron chi connectivity index (χ2n) is 5.34. The number of aliphatic imine (C=N–C) groups is 1. The van der Waals surface area contributed by atoms with Gasteiger partial charge in [0.25, 0.3) is 5.91 Å². The van der Waals surface area contributed by atoms with Gasteiger partial charge in [0.15, 0.2) is 0 Å². The summed E-state index contributed by atoms with van der Waals surface area (Å²) in [6, 6.07) is 7.03. The summed E-state index contributed by atoms with van der Waals surface area (Å²) in [7, 11) is 1.56. The number of amides is 1. The lowest BCUT2D eigenvalue weighted by Gasteiger charge is -2.17. The van der Waals surface area contributed by atoms with Crippen LogP contribution >= 0.6 is 0 Å². The zero-order chi connectivity index (χ0) is 19.1. The van der Waals surface area contributed by atoms with Crippen LogP contribution in [0.3, 0.4) is 0 Å². The number of carbonyl (C=O) groups excluding carboxylic acids is 1. The number of nitrogens with zero attached hydrogens (tertiary/aromatic N) is 2. The summed E-state index contributed by atoms with van der Waals surface area (Å²) < 4.78 is 5.06. The van der Waals surface area contributed by atoms with Crippen LogP contribution < -0.4 is 15.5 Å². The van der Waals surface area contributed by atoms with E-state index < -0.39 is 30.8 Å². The predicted octanol–water partition coefficient (Wildman–Crippen LogP) is -1.83. The Kier molecular flexibility index (Phi) is 6.81. The van der Waals surface area contributed by atoms with Crippen molar-refractivity contribution in [3.05, 3.63) is 35.5 Å². The fourth-order valence-corrected chi connectivity index (χ4v) is 1.98. The molecule has 0 saturated heterocycles. The lowest BCUT2D eigenvalue weighted by molar-refractivity contribution is -0.115. The first kappa shape index (κ1) is 19.5. The molecule has 0 unspecified atom stereocenters. The fraction of sp³-hybridized carbons (Fsp3) is 0.312. The number of hydrogen-bond acceptors (Lipinski definition) is 9. The van der Waals surface area contributed by atoms with Gasteiger partial charge in [0, 0.05) is 0 Å². The number of hydrogen-bond donors (Lipinski definition) is 6. The average Bonchev–Trinajstić information content (AvgIpc) is 3.00. The van der Waals surface area contributed by atoms with E-state index in [1.807, 2.05) is 0 Å². The third-order valence-electron chi connectivity index (χ3n) is 3.44. The molecule has 1 aliphatic heterocycles. The minimum Gasteiger partial charge on any atom is -0.497 e. The first-order valence-corrected chi connectivity index (χ1v) is 7.64. The minimum atomic E-state index is -1.60. The first-order chi connectivity index (χ1) is 12.4. The lowest BCUT2D eigenvalue weighted by atomic mass is 10.1. The van der Waals surface area contributed by atoms with Gasteiger partial charge in [-0.15, -0.1) is 0 Å². The van der Waals surface area contributed by atoms with E-state index >= 15 is 0 Å². The van der Waals surface area contributed by atoms with E-state index in [-0.39, 0.29) is 11.7 Å². The standard InChI is InChI=1S/C16H20N4O6/c1-26-10-4-2-9(3-5-10)6-11-15(25)19-16(18-11)20-17-7-12(22)14(24)13(23)8-21/h2-7,12-14,21-24H,8H2,1H3,(H2,18,19,20,25)/b11-6-,17-7+/t12-,13-,14+/m0/s1. The van der Waals surface area contributed by atoms with Crippen molar-refractivity contribution in [3.63, 3.8) is 0 Å². The quantitative estimate of drug-likeness (QED) is 0.189. The number of nitrogens with one attached hydrogen (secondary N) is 2. The molecule has 0 bridgehead atoms. The molecule has 0 spiro atoms. The molecule has 3 atom stereocenters. The maximum absolute atomic E-state index is 11.9. The molecule has 0 aliphatic carbocycles. The van der Waals surface area contributed by atoms with Crippen molar-refractivity contribution in [2.75, 3.05) is 13.7 Å². The van der Waals surface area contributed by atoms with Crippen LogP contribution in [0.15, 0.2) is 40.1 Å². The van der Waals surface area contributed by atoms with Crippen molar-refractivity contribution in [2.45, 2.75) is 18.3 Å². The van der Waals surface area contributed by atoms with Crippen LogP contribution in [-0.4, -0.2) is 70.5 Å². The maximum atomic E-state index is 11.9. The van der Waals surface area contributed by atoms with Crippen LogP contribution in [0.1, 0.15) is 5.56 Å².